The molecule has 0 radical (unpaired) electrons. The summed E-state index contributed by atoms with van der Waals surface area (Å²) in [5.74, 6) is 0.507. The number of thioether (sulfide) groups is 1. The van der Waals surface area contributed by atoms with Gasteiger partial charge in [0.25, 0.3) is 5.91 Å². The number of aromatic nitrogens is 1. The number of hydrogen-bond acceptors (Lipinski definition) is 7. The van der Waals surface area contributed by atoms with Gasteiger partial charge in [-0.1, -0.05) is 0 Å². The van der Waals surface area contributed by atoms with Gasteiger partial charge in [-0.05, 0) is 30.7 Å². The molecule has 1 aromatic carbocycles. The summed E-state index contributed by atoms with van der Waals surface area (Å²) >= 11 is 1.54. The zero-order chi connectivity index (χ0) is 21.1. The van der Waals surface area contributed by atoms with E-state index in [0.717, 1.165) is 36.1 Å². The van der Waals surface area contributed by atoms with Gasteiger partial charge in [0.2, 0.25) is 5.91 Å². The standard InChI is InChI=1S/C21H23N5O3S/c1-29-16-5-7-25(11-16)14-2-3-19-18(8-14)17(4-6-23-19)21(28)24-10-20(27)26-13-30-12-15(26)9-22/h2-4,6,8,15-16H,5,7,10-13H2,1H3,(H,24,28)/t15-,16+/m1/s1. The SMILES string of the molecule is CO[C@H]1CCN(c2ccc3nccc(C(=O)NCC(=O)N4CSC[C@H]4C#N)c3c2)C1. The Bertz CT molecular complexity index is 1010. The van der Waals surface area contributed by atoms with Gasteiger partial charge in [-0.25, -0.2) is 0 Å². The van der Waals surface area contributed by atoms with Gasteiger partial charge in [0.05, 0.1) is 35.7 Å². The Morgan fingerprint density at radius 3 is 3.03 bits per heavy atom. The van der Waals surface area contributed by atoms with Crippen LogP contribution in [0, 0.1) is 11.3 Å². The van der Waals surface area contributed by atoms with Crippen molar-refractivity contribution in [1.82, 2.24) is 15.2 Å². The first-order valence-corrected chi connectivity index (χ1v) is 11.0. The zero-order valence-corrected chi connectivity index (χ0v) is 17.5. The van der Waals surface area contributed by atoms with E-state index < -0.39 is 6.04 Å². The maximum absolute atomic E-state index is 12.8. The molecule has 2 aliphatic rings. The third-order valence-corrected chi connectivity index (χ3v) is 6.58. The molecule has 2 aliphatic heterocycles. The van der Waals surface area contributed by atoms with Crippen LogP contribution in [-0.4, -0.2) is 72.2 Å². The molecule has 2 saturated heterocycles. The summed E-state index contributed by atoms with van der Waals surface area (Å²) in [6.45, 7) is 1.57. The maximum atomic E-state index is 12.8. The second-order valence-electron chi connectivity index (χ2n) is 7.34. The highest BCUT2D eigenvalue weighted by Gasteiger charge is 2.29. The van der Waals surface area contributed by atoms with Crippen LogP contribution in [0.25, 0.3) is 10.9 Å². The van der Waals surface area contributed by atoms with E-state index in [-0.39, 0.29) is 24.5 Å². The fourth-order valence-corrected chi connectivity index (χ4v) is 4.94. The second kappa shape index (κ2) is 8.90. The molecule has 0 saturated carbocycles. The minimum atomic E-state index is -0.430. The Hall–Kier alpha value is -2.83. The van der Waals surface area contributed by atoms with E-state index in [2.05, 4.69) is 21.3 Å². The summed E-state index contributed by atoms with van der Waals surface area (Å²) in [4.78, 5) is 33.4. The molecular formula is C21H23N5O3S. The Morgan fingerprint density at radius 1 is 1.40 bits per heavy atom. The van der Waals surface area contributed by atoms with Gasteiger partial charge in [0.15, 0.2) is 0 Å². The van der Waals surface area contributed by atoms with Crippen molar-refractivity contribution in [2.45, 2.75) is 18.6 Å². The Balaban J connectivity index is 1.50. The number of fused-ring (bicyclic) bond motifs is 1. The number of benzene rings is 1. The summed E-state index contributed by atoms with van der Waals surface area (Å²) in [5, 5.41) is 12.6. The van der Waals surface area contributed by atoms with Crippen LogP contribution in [-0.2, 0) is 9.53 Å². The molecule has 2 amide bonds. The number of hydrogen-bond donors (Lipinski definition) is 1. The van der Waals surface area contributed by atoms with Crippen molar-refractivity contribution in [3.63, 3.8) is 0 Å². The number of nitrogens with zero attached hydrogens (tertiary/aromatic N) is 4. The zero-order valence-electron chi connectivity index (χ0n) is 16.7. The molecule has 156 valence electrons. The van der Waals surface area contributed by atoms with E-state index in [0.29, 0.717) is 17.2 Å². The average molecular weight is 426 g/mol. The number of carbonyl (C=O) groups excluding carboxylic acids is 2. The highest BCUT2D eigenvalue weighted by Crippen LogP contribution is 2.27. The number of nitriles is 1. The summed E-state index contributed by atoms with van der Waals surface area (Å²) in [5.41, 5.74) is 2.22. The summed E-state index contributed by atoms with van der Waals surface area (Å²) in [7, 11) is 1.72. The van der Waals surface area contributed by atoms with Crippen LogP contribution in [0.2, 0.25) is 0 Å². The van der Waals surface area contributed by atoms with Gasteiger partial charge in [0.1, 0.15) is 6.04 Å². The van der Waals surface area contributed by atoms with Gasteiger partial charge in [-0.3, -0.25) is 14.6 Å². The van der Waals surface area contributed by atoms with Gasteiger partial charge in [-0.15, -0.1) is 11.8 Å². The van der Waals surface area contributed by atoms with Gasteiger partial charge >= 0.3 is 0 Å². The molecule has 8 nitrogen and oxygen atoms in total. The third-order valence-electron chi connectivity index (χ3n) is 5.57. The minimum absolute atomic E-state index is 0.136. The molecule has 1 aromatic heterocycles. The lowest BCUT2D eigenvalue weighted by molar-refractivity contribution is -0.129. The largest absolute Gasteiger partial charge is 0.380 e. The molecule has 9 heteroatoms. The van der Waals surface area contributed by atoms with E-state index in [1.807, 2.05) is 18.2 Å². The quantitative estimate of drug-likeness (QED) is 0.777. The summed E-state index contributed by atoms with van der Waals surface area (Å²) < 4.78 is 5.45. The van der Waals surface area contributed by atoms with E-state index in [1.54, 1.807) is 19.4 Å². The van der Waals surface area contributed by atoms with Crippen LogP contribution in [0.3, 0.4) is 0 Å². The Labute approximate surface area is 179 Å². The number of methoxy groups -OCH3 is 1. The van der Waals surface area contributed by atoms with Crippen molar-refractivity contribution in [1.29, 1.82) is 5.26 Å². The summed E-state index contributed by atoms with van der Waals surface area (Å²) in [6.07, 6.45) is 2.78. The first kappa shape index (κ1) is 20.4. The first-order valence-electron chi connectivity index (χ1n) is 9.82. The normalized spacial score (nSPS) is 21.1. The fourth-order valence-electron chi connectivity index (χ4n) is 3.83. The number of carbonyl (C=O) groups is 2. The molecule has 3 heterocycles. The molecule has 0 unspecified atom stereocenters. The van der Waals surface area contributed by atoms with Crippen molar-refractivity contribution in [2.75, 3.05) is 43.3 Å². The second-order valence-corrected chi connectivity index (χ2v) is 8.34. The molecule has 30 heavy (non-hydrogen) atoms. The lowest BCUT2D eigenvalue weighted by atomic mass is 10.1. The fraction of sp³-hybridized carbons (Fsp3) is 0.429. The van der Waals surface area contributed by atoms with Crippen LogP contribution < -0.4 is 10.2 Å². The van der Waals surface area contributed by atoms with Crippen molar-refractivity contribution >= 4 is 40.2 Å². The van der Waals surface area contributed by atoms with Crippen LogP contribution in [0.1, 0.15) is 16.8 Å². The first-order chi connectivity index (χ1) is 14.6. The molecular weight excluding hydrogens is 402 g/mol. The van der Waals surface area contributed by atoms with E-state index >= 15 is 0 Å². The number of pyridine rings is 1. The van der Waals surface area contributed by atoms with E-state index in [9.17, 15) is 9.59 Å². The lowest BCUT2D eigenvalue weighted by Gasteiger charge is -2.20. The number of nitrogens with one attached hydrogen (secondary N) is 1. The monoisotopic (exact) mass is 425 g/mol. The number of anilines is 1. The lowest BCUT2D eigenvalue weighted by Crippen LogP contribution is -2.42. The third kappa shape index (κ3) is 4.06. The van der Waals surface area contributed by atoms with Gasteiger partial charge in [-0.2, -0.15) is 5.26 Å². The van der Waals surface area contributed by atoms with Gasteiger partial charge in [0, 0.05) is 43.2 Å². The highest BCUT2D eigenvalue weighted by atomic mass is 32.2. The van der Waals surface area contributed by atoms with Crippen molar-refractivity contribution in [3.8, 4) is 6.07 Å². The highest BCUT2D eigenvalue weighted by molar-refractivity contribution is 7.99. The number of rotatable bonds is 5. The molecule has 2 fully saturated rings. The van der Waals surface area contributed by atoms with Crippen LogP contribution in [0.4, 0.5) is 5.69 Å². The Kier molecular flexibility index (Phi) is 6.06. The molecule has 4 rings (SSSR count). The summed E-state index contributed by atoms with van der Waals surface area (Å²) in [6, 6.07) is 9.25. The van der Waals surface area contributed by atoms with Crippen LogP contribution >= 0.6 is 11.8 Å². The number of ether oxygens (including phenoxy) is 1. The van der Waals surface area contributed by atoms with Gasteiger partial charge < -0.3 is 19.9 Å². The van der Waals surface area contributed by atoms with Crippen LogP contribution in [0.15, 0.2) is 30.5 Å². The topological polar surface area (TPSA) is 98.6 Å². The molecule has 2 aromatic rings. The Morgan fingerprint density at radius 2 is 2.27 bits per heavy atom. The predicted octanol–water partition coefficient (Wildman–Crippen LogP) is 1.61. The minimum Gasteiger partial charge on any atom is -0.380 e. The van der Waals surface area contributed by atoms with Crippen molar-refractivity contribution in [2.24, 2.45) is 0 Å². The molecule has 0 spiro atoms. The van der Waals surface area contributed by atoms with E-state index in [4.69, 9.17) is 10.00 Å². The number of amides is 2. The van der Waals surface area contributed by atoms with E-state index in [1.165, 1.54) is 16.7 Å². The molecule has 0 aliphatic carbocycles. The molecule has 0 bridgehead atoms. The van der Waals surface area contributed by atoms with Crippen LogP contribution in [0.5, 0.6) is 0 Å². The van der Waals surface area contributed by atoms with Crippen molar-refractivity contribution < 1.29 is 14.3 Å². The van der Waals surface area contributed by atoms with Crippen molar-refractivity contribution in [3.05, 3.63) is 36.0 Å². The average Bonchev–Trinajstić information content (AvgIpc) is 3.45. The molecule has 2 atom stereocenters. The predicted molar refractivity (Wildman–Crippen MR) is 115 cm³/mol. The smallest absolute Gasteiger partial charge is 0.252 e. The molecule has 1 N–H and O–H groups in total. The maximum Gasteiger partial charge on any atom is 0.252 e.